The van der Waals surface area contributed by atoms with E-state index in [0.29, 0.717) is 6.61 Å². The molecule has 0 aromatic heterocycles. The average molecular weight is 176 g/mol. The Morgan fingerprint density at radius 2 is 2.25 bits per heavy atom. The lowest BCUT2D eigenvalue weighted by atomic mass is 10.3. The number of carbonyl (C=O) groups excluding carboxylic acids is 1. The predicted octanol–water partition coefficient (Wildman–Crippen LogP) is -0.0106. The number of ketones is 1. The first-order valence-corrected chi connectivity index (χ1v) is 4.03. The van der Waals surface area contributed by atoms with Crippen molar-refractivity contribution in [2.75, 3.05) is 26.4 Å². The van der Waals surface area contributed by atoms with E-state index in [9.17, 15) is 4.79 Å². The molecule has 0 aromatic rings. The van der Waals surface area contributed by atoms with Crippen molar-refractivity contribution in [3.63, 3.8) is 0 Å². The smallest absolute Gasteiger partial charge is 0.160 e. The predicted molar refractivity (Wildman–Crippen MR) is 44.0 cm³/mol. The van der Waals surface area contributed by atoms with Crippen molar-refractivity contribution < 1.29 is 19.4 Å². The fraction of sp³-hybridized carbons (Fsp3) is 0.875. The van der Waals surface area contributed by atoms with Crippen LogP contribution >= 0.6 is 0 Å². The number of rotatable bonds is 7. The van der Waals surface area contributed by atoms with Crippen molar-refractivity contribution in [1.29, 1.82) is 0 Å². The highest BCUT2D eigenvalue weighted by Gasteiger charge is 2.13. The molecule has 0 saturated heterocycles. The second kappa shape index (κ2) is 7.21. The van der Waals surface area contributed by atoms with Crippen LogP contribution < -0.4 is 0 Å². The van der Waals surface area contributed by atoms with Gasteiger partial charge in [-0.1, -0.05) is 0 Å². The van der Waals surface area contributed by atoms with Crippen molar-refractivity contribution in [2.45, 2.75) is 20.0 Å². The Balaban J connectivity index is 3.56. The SMILES string of the molecule is CCOC(COCCO)C(C)=O. The molecule has 0 aliphatic rings. The maximum absolute atomic E-state index is 10.9. The van der Waals surface area contributed by atoms with Crippen LogP contribution in [0.15, 0.2) is 0 Å². The zero-order chi connectivity index (χ0) is 9.40. The number of Topliss-reactive ketones (excluding diaryl/α,β-unsaturated/α-hetero) is 1. The third-order valence-corrected chi connectivity index (χ3v) is 1.33. The molecule has 4 heteroatoms. The fourth-order valence-electron chi connectivity index (χ4n) is 0.739. The van der Waals surface area contributed by atoms with Crippen LogP contribution in [0, 0.1) is 0 Å². The van der Waals surface area contributed by atoms with E-state index < -0.39 is 6.10 Å². The van der Waals surface area contributed by atoms with Gasteiger partial charge < -0.3 is 14.6 Å². The molecule has 1 N–H and O–H groups in total. The van der Waals surface area contributed by atoms with Gasteiger partial charge in [-0.3, -0.25) is 4.79 Å². The second-order valence-corrected chi connectivity index (χ2v) is 2.35. The van der Waals surface area contributed by atoms with Crippen molar-refractivity contribution in [3.8, 4) is 0 Å². The summed E-state index contributed by atoms with van der Waals surface area (Å²) in [6.45, 7) is 4.22. The first-order chi connectivity index (χ1) is 5.72. The summed E-state index contributed by atoms with van der Waals surface area (Å²) in [6, 6.07) is 0. The molecule has 72 valence electrons. The van der Waals surface area contributed by atoms with Crippen molar-refractivity contribution in [1.82, 2.24) is 0 Å². The molecule has 0 aromatic carbocycles. The van der Waals surface area contributed by atoms with E-state index in [4.69, 9.17) is 14.6 Å². The molecule has 0 heterocycles. The molecule has 0 amide bonds. The van der Waals surface area contributed by atoms with E-state index in [-0.39, 0.29) is 25.6 Å². The van der Waals surface area contributed by atoms with Crippen LogP contribution in [-0.2, 0) is 14.3 Å². The third-order valence-electron chi connectivity index (χ3n) is 1.33. The average Bonchev–Trinajstić information content (AvgIpc) is 2.03. The van der Waals surface area contributed by atoms with E-state index in [0.717, 1.165) is 0 Å². The van der Waals surface area contributed by atoms with Crippen LogP contribution in [0.5, 0.6) is 0 Å². The highest BCUT2D eigenvalue weighted by atomic mass is 16.5. The summed E-state index contributed by atoms with van der Waals surface area (Å²) in [5, 5.41) is 8.40. The van der Waals surface area contributed by atoms with Gasteiger partial charge in [-0.25, -0.2) is 0 Å². The van der Waals surface area contributed by atoms with E-state index in [2.05, 4.69) is 0 Å². The Kier molecular flexibility index (Phi) is 6.94. The van der Waals surface area contributed by atoms with Gasteiger partial charge in [-0.05, 0) is 13.8 Å². The largest absolute Gasteiger partial charge is 0.394 e. The number of carbonyl (C=O) groups is 1. The van der Waals surface area contributed by atoms with E-state index in [1.54, 1.807) is 0 Å². The Morgan fingerprint density at radius 3 is 2.67 bits per heavy atom. The van der Waals surface area contributed by atoms with Gasteiger partial charge in [0.15, 0.2) is 5.78 Å². The summed E-state index contributed by atoms with van der Waals surface area (Å²) in [5.41, 5.74) is 0. The second-order valence-electron chi connectivity index (χ2n) is 2.35. The Labute approximate surface area is 72.5 Å². The number of hydrogen-bond acceptors (Lipinski definition) is 4. The monoisotopic (exact) mass is 176 g/mol. The van der Waals surface area contributed by atoms with Crippen LogP contribution in [0.1, 0.15) is 13.8 Å². The highest BCUT2D eigenvalue weighted by molar-refractivity contribution is 5.80. The highest BCUT2D eigenvalue weighted by Crippen LogP contribution is 1.94. The molecule has 0 radical (unpaired) electrons. The van der Waals surface area contributed by atoms with Gasteiger partial charge in [0.05, 0.1) is 19.8 Å². The zero-order valence-corrected chi connectivity index (χ0v) is 7.58. The van der Waals surface area contributed by atoms with E-state index in [1.807, 2.05) is 6.92 Å². The molecule has 0 spiro atoms. The van der Waals surface area contributed by atoms with Gasteiger partial charge in [0.1, 0.15) is 6.10 Å². The number of aliphatic hydroxyl groups is 1. The maximum atomic E-state index is 10.9. The van der Waals surface area contributed by atoms with Gasteiger partial charge in [0, 0.05) is 6.61 Å². The standard InChI is InChI=1S/C8H16O4/c1-3-12-8(7(2)10)6-11-5-4-9/h8-9H,3-6H2,1-2H3. The molecule has 0 rings (SSSR count). The van der Waals surface area contributed by atoms with E-state index >= 15 is 0 Å². The number of aliphatic hydroxyl groups excluding tert-OH is 1. The molecule has 0 bridgehead atoms. The lowest BCUT2D eigenvalue weighted by Gasteiger charge is -2.13. The van der Waals surface area contributed by atoms with Crippen molar-refractivity contribution >= 4 is 5.78 Å². The van der Waals surface area contributed by atoms with Crippen LogP contribution in [0.2, 0.25) is 0 Å². The van der Waals surface area contributed by atoms with Gasteiger partial charge in [0.2, 0.25) is 0 Å². The molecule has 12 heavy (non-hydrogen) atoms. The minimum atomic E-state index is -0.485. The Bertz CT molecular complexity index is 124. The first-order valence-electron chi connectivity index (χ1n) is 4.03. The molecule has 0 aliphatic carbocycles. The Hall–Kier alpha value is -0.450. The molecule has 1 atom stereocenters. The topological polar surface area (TPSA) is 55.8 Å². The summed E-state index contributed by atoms with van der Waals surface area (Å²) in [5.74, 6) is -0.0465. The van der Waals surface area contributed by atoms with Crippen molar-refractivity contribution in [3.05, 3.63) is 0 Å². The molecule has 1 unspecified atom stereocenters. The lowest BCUT2D eigenvalue weighted by Crippen LogP contribution is -2.28. The summed E-state index contributed by atoms with van der Waals surface area (Å²) in [7, 11) is 0. The summed E-state index contributed by atoms with van der Waals surface area (Å²) in [4.78, 5) is 10.9. The minimum Gasteiger partial charge on any atom is -0.394 e. The van der Waals surface area contributed by atoms with Gasteiger partial charge in [0.25, 0.3) is 0 Å². The van der Waals surface area contributed by atoms with Gasteiger partial charge in [-0.15, -0.1) is 0 Å². The fourth-order valence-corrected chi connectivity index (χ4v) is 0.739. The molecular formula is C8H16O4. The van der Waals surface area contributed by atoms with Crippen LogP contribution in [0.3, 0.4) is 0 Å². The van der Waals surface area contributed by atoms with Crippen LogP contribution in [0.25, 0.3) is 0 Å². The third kappa shape index (κ3) is 5.23. The number of ether oxygens (including phenoxy) is 2. The number of hydrogen-bond donors (Lipinski definition) is 1. The summed E-state index contributed by atoms with van der Waals surface area (Å²) >= 11 is 0. The normalized spacial score (nSPS) is 12.9. The van der Waals surface area contributed by atoms with Crippen LogP contribution in [-0.4, -0.2) is 43.4 Å². The zero-order valence-electron chi connectivity index (χ0n) is 7.58. The Morgan fingerprint density at radius 1 is 1.58 bits per heavy atom. The van der Waals surface area contributed by atoms with E-state index in [1.165, 1.54) is 6.92 Å². The lowest BCUT2D eigenvalue weighted by molar-refractivity contribution is -0.132. The molecule has 4 nitrogen and oxygen atoms in total. The molecule has 0 aliphatic heterocycles. The first kappa shape index (κ1) is 11.6. The summed E-state index contributed by atoms with van der Waals surface area (Å²) < 4.78 is 10.1. The molecule has 0 fully saturated rings. The van der Waals surface area contributed by atoms with Crippen LogP contribution in [0.4, 0.5) is 0 Å². The summed E-state index contributed by atoms with van der Waals surface area (Å²) in [6.07, 6.45) is -0.485. The van der Waals surface area contributed by atoms with Gasteiger partial charge in [-0.2, -0.15) is 0 Å². The van der Waals surface area contributed by atoms with Gasteiger partial charge >= 0.3 is 0 Å². The molecular weight excluding hydrogens is 160 g/mol. The molecule has 0 saturated carbocycles. The minimum absolute atomic E-state index is 0.0310. The quantitative estimate of drug-likeness (QED) is 0.554. The maximum Gasteiger partial charge on any atom is 0.160 e. The van der Waals surface area contributed by atoms with Crippen molar-refractivity contribution in [2.24, 2.45) is 0 Å².